The summed E-state index contributed by atoms with van der Waals surface area (Å²) >= 11 is 17.9. The van der Waals surface area contributed by atoms with Crippen molar-refractivity contribution in [3.05, 3.63) is 51.5 Å². The Hall–Kier alpha value is -1.35. The van der Waals surface area contributed by atoms with Crippen LogP contribution in [0.25, 0.3) is 22.3 Å². The van der Waals surface area contributed by atoms with Gasteiger partial charge in [-0.25, -0.2) is 0 Å². The van der Waals surface area contributed by atoms with Gasteiger partial charge in [-0.1, -0.05) is 34.8 Å². The average molecular weight is 314 g/mol. The molecule has 3 aromatic rings. The highest BCUT2D eigenvalue weighted by atomic mass is 35.5. The third-order valence-electron chi connectivity index (χ3n) is 2.78. The molecule has 0 unspecified atom stereocenters. The summed E-state index contributed by atoms with van der Waals surface area (Å²) in [6, 6.07) is 10.1. The summed E-state index contributed by atoms with van der Waals surface area (Å²) in [5.41, 5.74) is 1.33. The first-order valence-corrected chi connectivity index (χ1v) is 6.55. The fourth-order valence-electron chi connectivity index (χ4n) is 1.87. The van der Waals surface area contributed by atoms with E-state index in [1.165, 1.54) is 6.07 Å². The van der Waals surface area contributed by atoms with Gasteiger partial charge in [0, 0.05) is 22.0 Å². The van der Waals surface area contributed by atoms with E-state index in [-0.39, 0.29) is 10.8 Å². The van der Waals surface area contributed by atoms with Crippen molar-refractivity contribution in [2.24, 2.45) is 0 Å². The molecule has 1 heterocycles. The topological polar surface area (TPSA) is 33.4 Å². The number of halogens is 3. The van der Waals surface area contributed by atoms with E-state index < -0.39 is 0 Å². The van der Waals surface area contributed by atoms with Crippen molar-refractivity contribution in [2.75, 3.05) is 0 Å². The number of fused-ring (bicyclic) bond motifs is 1. The van der Waals surface area contributed by atoms with Crippen molar-refractivity contribution in [3.8, 4) is 17.1 Å². The number of hydrogen-bond acceptors (Lipinski definition) is 2. The lowest BCUT2D eigenvalue weighted by Crippen LogP contribution is -1.78. The van der Waals surface area contributed by atoms with Gasteiger partial charge < -0.3 is 9.52 Å². The molecule has 0 amide bonds. The summed E-state index contributed by atoms with van der Waals surface area (Å²) in [5.74, 6) is 0.513. The van der Waals surface area contributed by atoms with Gasteiger partial charge in [0.2, 0.25) is 0 Å². The molecular weight excluding hydrogens is 307 g/mol. The van der Waals surface area contributed by atoms with Crippen LogP contribution in [-0.2, 0) is 0 Å². The van der Waals surface area contributed by atoms with Gasteiger partial charge in [0.1, 0.15) is 17.1 Å². The first-order chi connectivity index (χ1) is 9.04. The van der Waals surface area contributed by atoms with E-state index in [4.69, 9.17) is 39.2 Å². The molecule has 96 valence electrons. The van der Waals surface area contributed by atoms with E-state index in [0.717, 1.165) is 5.39 Å². The molecule has 0 bridgehead atoms. The molecule has 0 aliphatic carbocycles. The second-order valence-electron chi connectivity index (χ2n) is 4.08. The predicted molar refractivity (Wildman–Crippen MR) is 78.3 cm³/mol. The van der Waals surface area contributed by atoms with Crippen molar-refractivity contribution in [1.29, 1.82) is 0 Å². The zero-order valence-corrected chi connectivity index (χ0v) is 11.7. The minimum absolute atomic E-state index is 0.0606. The summed E-state index contributed by atoms with van der Waals surface area (Å²) < 4.78 is 5.70. The van der Waals surface area contributed by atoms with E-state index >= 15 is 0 Å². The number of phenolic OH excluding ortho intramolecular Hbond substituents is 1. The van der Waals surface area contributed by atoms with Crippen molar-refractivity contribution >= 4 is 45.8 Å². The molecule has 0 fully saturated rings. The Morgan fingerprint density at radius 2 is 1.68 bits per heavy atom. The second-order valence-corrected chi connectivity index (χ2v) is 5.33. The van der Waals surface area contributed by atoms with E-state index in [1.807, 2.05) is 6.07 Å². The lowest BCUT2D eigenvalue weighted by atomic mass is 10.1. The number of hydrogen-bond donors (Lipinski definition) is 1. The van der Waals surface area contributed by atoms with Crippen LogP contribution < -0.4 is 0 Å². The maximum atomic E-state index is 9.48. The maximum absolute atomic E-state index is 9.48. The minimum atomic E-state index is -0.0606. The summed E-state index contributed by atoms with van der Waals surface area (Å²) in [6.07, 6.45) is 0. The quantitative estimate of drug-likeness (QED) is 0.619. The normalized spacial score (nSPS) is 11.1. The van der Waals surface area contributed by atoms with Crippen LogP contribution in [0.4, 0.5) is 0 Å². The third-order valence-corrected chi connectivity index (χ3v) is 3.63. The van der Waals surface area contributed by atoms with Crippen LogP contribution in [0.2, 0.25) is 15.1 Å². The minimum Gasteiger partial charge on any atom is -0.506 e. The van der Waals surface area contributed by atoms with Gasteiger partial charge in [0.25, 0.3) is 0 Å². The van der Waals surface area contributed by atoms with Gasteiger partial charge in [0.15, 0.2) is 0 Å². The van der Waals surface area contributed by atoms with Crippen molar-refractivity contribution in [1.82, 2.24) is 0 Å². The monoisotopic (exact) mass is 312 g/mol. The molecule has 0 saturated carbocycles. The van der Waals surface area contributed by atoms with Crippen molar-refractivity contribution in [2.45, 2.75) is 0 Å². The zero-order valence-electron chi connectivity index (χ0n) is 9.45. The number of furan rings is 1. The molecule has 0 radical (unpaired) electrons. The van der Waals surface area contributed by atoms with Crippen LogP contribution >= 0.6 is 34.8 Å². The molecule has 1 aromatic heterocycles. The predicted octanol–water partition coefficient (Wildman–Crippen LogP) is 5.77. The third kappa shape index (κ3) is 2.27. The van der Waals surface area contributed by atoms with E-state index in [0.29, 0.717) is 27.0 Å². The molecule has 1 N–H and O–H groups in total. The lowest BCUT2D eigenvalue weighted by molar-refractivity contribution is 0.475. The smallest absolute Gasteiger partial charge is 0.136 e. The summed E-state index contributed by atoms with van der Waals surface area (Å²) in [7, 11) is 0. The highest BCUT2D eigenvalue weighted by Gasteiger charge is 2.13. The first-order valence-electron chi connectivity index (χ1n) is 5.42. The Morgan fingerprint density at radius 3 is 2.47 bits per heavy atom. The molecule has 2 nitrogen and oxygen atoms in total. The van der Waals surface area contributed by atoms with Crippen LogP contribution in [0.15, 0.2) is 40.8 Å². The number of aromatic hydroxyl groups is 1. The van der Waals surface area contributed by atoms with Gasteiger partial charge in [0.05, 0.1) is 10.0 Å². The van der Waals surface area contributed by atoms with Gasteiger partial charge in [-0.05, 0) is 30.3 Å². The van der Waals surface area contributed by atoms with Crippen LogP contribution in [-0.4, -0.2) is 5.11 Å². The van der Waals surface area contributed by atoms with Crippen molar-refractivity contribution in [3.63, 3.8) is 0 Å². The van der Waals surface area contributed by atoms with Crippen LogP contribution in [0.1, 0.15) is 0 Å². The Bertz CT molecular complexity index is 778. The van der Waals surface area contributed by atoms with E-state index in [1.54, 1.807) is 24.3 Å². The molecule has 3 rings (SSSR count). The van der Waals surface area contributed by atoms with Crippen LogP contribution in [0.3, 0.4) is 0 Å². The maximum Gasteiger partial charge on any atom is 0.136 e. The fourth-order valence-corrected chi connectivity index (χ4v) is 2.47. The van der Waals surface area contributed by atoms with Crippen LogP contribution in [0.5, 0.6) is 5.75 Å². The molecule has 0 spiro atoms. The molecule has 0 aliphatic rings. The molecular formula is C14H7Cl3O2. The SMILES string of the molecule is Oc1cc(Cl)c(-c2cc3cc(Cl)ccc3o2)cc1Cl. The van der Waals surface area contributed by atoms with Crippen LogP contribution in [0, 0.1) is 0 Å². The largest absolute Gasteiger partial charge is 0.506 e. The molecule has 5 heteroatoms. The number of benzene rings is 2. The van der Waals surface area contributed by atoms with Gasteiger partial charge in [-0.2, -0.15) is 0 Å². The average Bonchev–Trinajstić information content (AvgIpc) is 2.76. The Balaban J connectivity index is 2.21. The number of rotatable bonds is 1. The molecule has 0 saturated heterocycles. The standard InChI is InChI=1S/C14H7Cl3O2/c15-8-1-2-13-7(3-8)4-14(19-13)9-5-11(17)12(18)6-10(9)16/h1-6,18H. The fraction of sp³-hybridized carbons (Fsp3) is 0. The molecule has 0 atom stereocenters. The van der Waals surface area contributed by atoms with Gasteiger partial charge in [-0.15, -0.1) is 0 Å². The molecule has 2 aromatic carbocycles. The van der Waals surface area contributed by atoms with E-state index in [2.05, 4.69) is 0 Å². The van der Waals surface area contributed by atoms with Gasteiger partial charge in [-0.3, -0.25) is 0 Å². The van der Waals surface area contributed by atoms with Gasteiger partial charge >= 0.3 is 0 Å². The Kier molecular flexibility index (Phi) is 3.09. The highest BCUT2D eigenvalue weighted by molar-refractivity contribution is 6.36. The molecule has 19 heavy (non-hydrogen) atoms. The first kappa shape index (κ1) is 12.7. The Morgan fingerprint density at radius 1 is 0.895 bits per heavy atom. The summed E-state index contributed by atoms with van der Waals surface area (Å²) in [4.78, 5) is 0. The highest BCUT2D eigenvalue weighted by Crippen LogP contribution is 2.38. The molecule has 0 aliphatic heterocycles. The second kappa shape index (κ2) is 4.64. The number of phenols is 1. The lowest BCUT2D eigenvalue weighted by Gasteiger charge is -2.03. The van der Waals surface area contributed by atoms with Crippen molar-refractivity contribution < 1.29 is 9.52 Å². The summed E-state index contributed by atoms with van der Waals surface area (Å²) in [5, 5.41) is 11.6. The summed E-state index contributed by atoms with van der Waals surface area (Å²) in [6.45, 7) is 0. The Labute approximate surface area is 124 Å². The van der Waals surface area contributed by atoms with E-state index in [9.17, 15) is 5.11 Å². The zero-order chi connectivity index (χ0) is 13.6.